The average molecular weight is 299 g/mol. The maximum absolute atomic E-state index is 11.5. The highest BCUT2D eigenvalue weighted by Gasteiger charge is 2.32. The summed E-state index contributed by atoms with van der Waals surface area (Å²) in [4.78, 5) is 13.4. The van der Waals surface area contributed by atoms with Gasteiger partial charge in [-0.05, 0) is 12.1 Å². The predicted octanol–water partition coefficient (Wildman–Crippen LogP) is 0.523. The van der Waals surface area contributed by atoms with Crippen LogP contribution in [-0.4, -0.2) is 48.5 Å². The van der Waals surface area contributed by atoms with Crippen molar-refractivity contribution in [1.82, 2.24) is 0 Å². The van der Waals surface area contributed by atoms with E-state index < -0.39 is 12.0 Å². The minimum Gasteiger partial charge on any atom is -0.394 e. The Morgan fingerprint density at radius 1 is 1.50 bits per heavy atom. The Morgan fingerprint density at radius 3 is 3.05 bits per heavy atom. The summed E-state index contributed by atoms with van der Waals surface area (Å²) < 4.78 is 5.34. The lowest BCUT2D eigenvalue weighted by Crippen LogP contribution is -2.47. The van der Waals surface area contributed by atoms with Crippen molar-refractivity contribution in [2.24, 2.45) is 0 Å². The van der Waals surface area contributed by atoms with Crippen molar-refractivity contribution < 1.29 is 19.7 Å². The summed E-state index contributed by atoms with van der Waals surface area (Å²) in [6.07, 6.45) is -1.17. The van der Waals surface area contributed by atoms with Crippen molar-refractivity contribution >= 4 is 28.9 Å². The van der Waals surface area contributed by atoms with Gasteiger partial charge in [0, 0.05) is 17.8 Å². The highest BCUT2D eigenvalue weighted by atomic mass is 35.5. The van der Waals surface area contributed by atoms with Crippen LogP contribution in [-0.2, 0) is 9.53 Å². The highest BCUT2D eigenvalue weighted by molar-refractivity contribution is 6.33. The zero-order valence-corrected chi connectivity index (χ0v) is 11.4. The predicted molar refractivity (Wildman–Crippen MR) is 74.1 cm³/mol. The molecule has 7 heteroatoms. The summed E-state index contributed by atoms with van der Waals surface area (Å²) >= 11 is 6.26. The molecule has 0 aromatic heterocycles. The number of nitrogens with zero attached hydrogens (tertiary/aromatic N) is 1. The van der Waals surface area contributed by atoms with E-state index in [4.69, 9.17) is 16.3 Å². The maximum atomic E-state index is 11.5. The third-order valence-corrected chi connectivity index (χ3v) is 3.97. The quantitative estimate of drug-likeness (QED) is 0.742. The second-order valence-corrected chi connectivity index (χ2v) is 5.29. The third kappa shape index (κ3) is 2.14. The number of carbonyl (C=O) groups excluding carboxylic acids is 1. The van der Waals surface area contributed by atoms with E-state index in [0.29, 0.717) is 36.0 Å². The summed E-state index contributed by atoms with van der Waals surface area (Å²) in [5, 5.41) is 22.2. The first-order chi connectivity index (χ1) is 9.61. The molecule has 108 valence electrons. The first-order valence-electron chi connectivity index (χ1n) is 6.39. The first kappa shape index (κ1) is 13.6. The number of aliphatic hydroxyl groups excluding tert-OH is 2. The smallest absolute Gasteiger partial charge is 0.257 e. The zero-order chi connectivity index (χ0) is 14.3. The molecule has 3 rings (SSSR count). The van der Waals surface area contributed by atoms with Crippen LogP contribution >= 0.6 is 11.6 Å². The molecule has 1 fully saturated rings. The number of amides is 1. The minimum atomic E-state index is -1.17. The van der Waals surface area contributed by atoms with Gasteiger partial charge in [-0.2, -0.15) is 0 Å². The Hall–Kier alpha value is -1.34. The van der Waals surface area contributed by atoms with E-state index in [2.05, 4.69) is 5.32 Å². The minimum absolute atomic E-state index is 0.0393. The molecule has 1 saturated heterocycles. The fourth-order valence-electron chi connectivity index (χ4n) is 2.60. The van der Waals surface area contributed by atoms with Gasteiger partial charge < -0.3 is 25.2 Å². The first-order valence-corrected chi connectivity index (χ1v) is 6.77. The molecule has 0 radical (unpaired) electrons. The summed E-state index contributed by atoms with van der Waals surface area (Å²) in [7, 11) is 0. The molecule has 20 heavy (non-hydrogen) atoms. The molecule has 0 bridgehead atoms. The van der Waals surface area contributed by atoms with Gasteiger partial charge in [0.2, 0.25) is 0 Å². The molecule has 2 aliphatic rings. The Labute approximate surface area is 120 Å². The number of aliphatic hydroxyl groups is 2. The number of benzene rings is 1. The lowest BCUT2D eigenvalue weighted by atomic mass is 10.1. The van der Waals surface area contributed by atoms with Crippen LogP contribution in [0.25, 0.3) is 0 Å². The van der Waals surface area contributed by atoms with Crippen LogP contribution in [0, 0.1) is 0 Å². The standard InChI is InChI=1S/C13H15ClN2O4/c14-9-3-8-10(15-13(19)12(8)18)4-11(9)16-1-2-20-6-7(16)5-17/h3-4,7,12,17-18H,1-2,5-6H2,(H,15,19). The summed E-state index contributed by atoms with van der Waals surface area (Å²) in [6, 6.07) is 3.17. The molecule has 1 aromatic rings. The van der Waals surface area contributed by atoms with Gasteiger partial charge in [-0.1, -0.05) is 11.6 Å². The van der Waals surface area contributed by atoms with Gasteiger partial charge in [-0.15, -0.1) is 0 Å². The Balaban J connectivity index is 1.99. The number of halogens is 1. The third-order valence-electron chi connectivity index (χ3n) is 3.67. The maximum Gasteiger partial charge on any atom is 0.257 e. The Bertz CT molecular complexity index is 551. The van der Waals surface area contributed by atoms with E-state index in [0.717, 1.165) is 5.69 Å². The number of rotatable bonds is 2. The number of nitrogens with one attached hydrogen (secondary N) is 1. The molecular weight excluding hydrogens is 284 g/mol. The molecule has 2 unspecified atom stereocenters. The topological polar surface area (TPSA) is 82.0 Å². The number of ether oxygens (including phenoxy) is 1. The van der Waals surface area contributed by atoms with E-state index in [1.165, 1.54) is 0 Å². The van der Waals surface area contributed by atoms with Gasteiger partial charge in [0.1, 0.15) is 0 Å². The van der Waals surface area contributed by atoms with Gasteiger partial charge in [0.15, 0.2) is 6.10 Å². The average Bonchev–Trinajstić information content (AvgIpc) is 2.73. The van der Waals surface area contributed by atoms with E-state index in [1.54, 1.807) is 12.1 Å². The monoisotopic (exact) mass is 298 g/mol. The molecule has 2 heterocycles. The second kappa shape index (κ2) is 5.21. The van der Waals surface area contributed by atoms with Crippen LogP contribution in [0.2, 0.25) is 5.02 Å². The van der Waals surface area contributed by atoms with E-state index in [9.17, 15) is 15.0 Å². The van der Waals surface area contributed by atoms with Crippen molar-refractivity contribution in [2.75, 3.05) is 36.6 Å². The lowest BCUT2D eigenvalue weighted by Gasteiger charge is -2.37. The van der Waals surface area contributed by atoms with Crippen molar-refractivity contribution in [3.8, 4) is 0 Å². The van der Waals surface area contributed by atoms with Gasteiger partial charge in [-0.3, -0.25) is 4.79 Å². The molecule has 2 atom stereocenters. The molecular formula is C13H15ClN2O4. The van der Waals surface area contributed by atoms with Crippen molar-refractivity contribution in [2.45, 2.75) is 12.1 Å². The second-order valence-electron chi connectivity index (χ2n) is 4.89. The van der Waals surface area contributed by atoms with Crippen LogP contribution < -0.4 is 10.2 Å². The number of carbonyl (C=O) groups is 1. The summed E-state index contributed by atoms with van der Waals surface area (Å²) in [6.45, 7) is 1.56. The number of morpholine rings is 1. The summed E-state index contributed by atoms with van der Waals surface area (Å²) in [5.74, 6) is -0.450. The van der Waals surface area contributed by atoms with E-state index in [-0.39, 0.29) is 12.6 Å². The van der Waals surface area contributed by atoms with Crippen LogP contribution in [0.15, 0.2) is 12.1 Å². The van der Waals surface area contributed by atoms with Crippen LogP contribution in [0.5, 0.6) is 0 Å². The fraction of sp³-hybridized carbons (Fsp3) is 0.462. The molecule has 0 aliphatic carbocycles. The van der Waals surface area contributed by atoms with Crippen molar-refractivity contribution in [3.05, 3.63) is 22.7 Å². The van der Waals surface area contributed by atoms with Gasteiger partial charge in [0.25, 0.3) is 5.91 Å². The van der Waals surface area contributed by atoms with Crippen molar-refractivity contribution in [3.63, 3.8) is 0 Å². The molecule has 6 nitrogen and oxygen atoms in total. The fourth-order valence-corrected chi connectivity index (χ4v) is 2.88. The van der Waals surface area contributed by atoms with Crippen LogP contribution in [0.1, 0.15) is 11.7 Å². The molecule has 0 saturated carbocycles. The zero-order valence-electron chi connectivity index (χ0n) is 10.7. The van der Waals surface area contributed by atoms with Crippen LogP contribution in [0.3, 0.4) is 0 Å². The van der Waals surface area contributed by atoms with Gasteiger partial charge in [0.05, 0.1) is 36.6 Å². The van der Waals surface area contributed by atoms with Gasteiger partial charge in [-0.25, -0.2) is 0 Å². The summed E-state index contributed by atoms with van der Waals surface area (Å²) in [5.41, 5.74) is 1.77. The Morgan fingerprint density at radius 2 is 2.30 bits per heavy atom. The number of anilines is 2. The molecule has 3 N–H and O–H groups in total. The van der Waals surface area contributed by atoms with E-state index in [1.807, 2.05) is 4.90 Å². The normalized spacial score (nSPS) is 25.6. The number of hydrogen-bond donors (Lipinski definition) is 3. The molecule has 1 aromatic carbocycles. The molecule has 0 spiro atoms. The SMILES string of the molecule is O=C1Nc2cc(N3CCOCC3CO)c(Cl)cc2C1O. The molecule has 1 amide bonds. The Kier molecular flexibility index (Phi) is 3.55. The largest absolute Gasteiger partial charge is 0.394 e. The van der Waals surface area contributed by atoms with Crippen LogP contribution in [0.4, 0.5) is 11.4 Å². The van der Waals surface area contributed by atoms with Gasteiger partial charge >= 0.3 is 0 Å². The number of fused-ring (bicyclic) bond motifs is 1. The number of hydrogen-bond acceptors (Lipinski definition) is 5. The van der Waals surface area contributed by atoms with Crippen molar-refractivity contribution in [1.29, 1.82) is 0 Å². The van der Waals surface area contributed by atoms with E-state index >= 15 is 0 Å². The highest BCUT2D eigenvalue weighted by Crippen LogP contribution is 2.39. The molecule has 2 aliphatic heterocycles. The lowest BCUT2D eigenvalue weighted by molar-refractivity contribution is -0.123.